The summed E-state index contributed by atoms with van der Waals surface area (Å²) in [4.78, 5) is 37.0. The third-order valence-electron chi connectivity index (χ3n) is 6.52. The number of nitrogens with zero attached hydrogens (tertiary/aromatic N) is 1. The van der Waals surface area contributed by atoms with E-state index >= 15 is 0 Å². The number of ether oxygens (including phenoxy) is 1. The van der Waals surface area contributed by atoms with Gasteiger partial charge in [0, 0.05) is 6.08 Å². The quantitative estimate of drug-likeness (QED) is 0.452. The normalized spacial score (nSPS) is 41.5. The SMILES string of the molecule is C=CC(=O)OCC(=O)N1C(=O)CC12CC1CC2C2CCCC12. The molecule has 1 saturated heterocycles. The average Bonchev–Trinajstić information content (AvgIpc) is 3.15. The molecule has 118 valence electrons. The van der Waals surface area contributed by atoms with Crippen molar-refractivity contribution in [2.75, 3.05) is 6.61 Å². The number of carbonyl (C=O) groups excluding carboxylic acids is 3. The Morgan fingerprint density at radius 3 is 2.86 bits per heavy atom. The van der Waals surface area contributed by atoms with Crippen LogP contribution in [0.15, 0.2) is 12.7 Å². The van der Waals surface area contributed by atoms with Crippen LogP contribution in [-0.4, -0.2) is 34.8 Å². The second-order valence-electron chi connectivity index (χ2n) is 7.28. The highest BCUT2D eigenvalue weighted by Crippen LogP contribution is 2.67. The van der Waals surface area contributed by atoms with Gasteiger partial charge in [-0.05, 0) is 49.4 Å². The topological polar surface area (TPSA) is 63.7 Å². The van der Waals surface area contributed by atoms with Gasteiger partial charge in [0.2, 0.25) is 5.91 Å². The number of rotatable bonds is 3. The lowest BCUT2D eigenvalue weighted by atomic mass is 9.64. The van der Waals surface area contributed by atoms with E-state index in [0.29, 0.717) is 24.2 Å². The maximum Gasteiger partial charge on any atom is 0.330 e. The number of carbonyl (C=O) groups is 3. The number of hydrogen-bond acceptors (Lipinski definition) is 4. The predicted molar refractivity (Wildman–Crippen MR) is 77.4 cm³/mol. The number of amides is 2. The lowest BCUT2D eigenvalue weighted by Gasteiger charge is -2.55. The van der Waals surface area contributed by atoms with Crippen LogP contribution < -0.4 is 0 Å². The summed E-state index contributed by atoms with van der Waals surface area (Å²) < 4.78 is 4.83. The third-order valence-corrected chi connectivity index (χ3v) is 6.52. The van der Waals surface area contributed by atoms with Gasteiger partial charge >= 0.3 is 5.97 Å². The summed E-state index contributed by atoms with van der Waals surface area (Å²) in [6.45, 7) is 2.95. The summed E-state index contributed by atoms with van der Waals surface area (Å²) in [6, 6.07) is 0. The van der Waals surface area contributed by atoms with E-state index in [1.54, 1.807) is 0 Å². The van der Waals surface area contributed by atoms with Crippen LogP contribution in [0.25, 0.3) is 0 Å². The minimum atomic E-state index is -0.626. The van der Waals surface area contributed by atoms with Crippen molar-refractivity contribution in [3.05, 3.63) is 12.7 Å². The van der Waals surface area contributed by atoms with Crippen LogP contribution >= 0.6 is 0 Å². The first-order chi connectivity index (χ1) is 10.6. The fraction of sp³-hybridized carbons (Fsp3) is 0.706. The third kappa shape index (κ3) is 1.68. The summed E-state index contributed by atoms with van der Waals surface area (Å²) in [5.41, 5.74) is -0.259. The van der Waals surface area contributed by atoms with Gasteiger partial charge in [0.25, 0.3) is 5.91 Å². The van der Waals surface area contributed by atoms with Gasteiger partial charge in [0.1, 0.15) is 0 Å². The maximum atomic E-state index is 12.4. The molecule has 0 N–H and O–H groups in total. The molecule has 2 bridgehead atoms. The molecule has 3 aliphatic carbocycles. The van der Waals surface area contributed by atoms with Gasteiger partial charge in [-0.25, -0.2) is 4.79 Å². The molecule has 1 heterocycles. The van der Waals surface area contributed by atoms with E-state index in [2.05, 4.69) is 6.58 Å². The first-order valence-corrected chi connectivity index (χ1v) is 8.22. The van der Waals surface area contributed by atoms with Gasteiger partial charge in [-0.15, -0.1) is 0 Å². The Morgan fingerprint density at radius 2 is 2.14 bits per heavy atom. The van der Waals surface area contributed by atoms with E-state index in [-0.39, 0.29) is 24.0 Å². The molecular weight excluding hydrogens is 282 g/mol. The minimum absolute atomic E-state index is 0.109. The zero-order valence-electron chi connectivity index (χ0n) is 12.6. The van der Waals surface area contributed by atoms with Crippen molar-refractivity contribution in [1.29, 1.82) is 0 Å². The number of esters is 1. The number of β-lactam (4-membered cyclic amide) rings is 1. The summed E-state index contributed by atoms with van der Waals surface area (Å²) >= 11 is 0. The summed E-state index contributed by atoms with van der Waals surface area (Å²) in [5.74, 6) is 1.56. The van der Waals surface area contributed by atoms with Crippen molar-refractivity contribution in [2.24, 2.45) is 23.7 Å². The van der Waals surface area contributed by atoms with Crippen molar-refractivity contribution in [3.8, 4) is 0 Å². The van der Waals surface area contributed by atoms with Crippen molar-refractivity contribution in [3.63, 3.8) is 0 Å². The lowest BCUT2D eigenvalue weighted by Crippen LogP contribution is -2.69. The smallest absolute Gasteiger partial charge is 0.330 e. The molecule has 22 heavy (non-hydrogen) atoms. The molecule has 3 saturated carbocycles. The molecule has 5 heteroatoms. The second-order valence-corrected chi connectivity index (χ2v) is 7.28. The Morgan fingerprint density at radius 1 is 1.36 bits per heavy atom. The first-order valence-electron chi connectivity index (χ1n) is 8.22. The molecule has 0 aromatic heterocycles. The Kier molecular flexibility index (Phi) is 2.97. The average molecular weight is 303 g/mol. The second kappa shape index (κ2) is 4.67. The zero-order valence-corrected chi connectivity index (χ0v) is 12.6. The molecule has 4 rings (SSSR count). The molecule has 5 atom stereocenters. The molecule has 4 aliphatic rings. The first kappa shape index (κ1) is 14.0. The fourth-order valence-corrected chi connectivity index (χ4v) is 5.92. The predicted octanol–water partition coefficient (Wildman–Crippen LogP) is 1.67. The molecular formula is C17H21NO4. The minimum Gasteiger partial charge on any atom is -0.452 e. The van der Waals surface area contributed by atoms with Crippen LogP contribution in [-0.2, 0) is 19.1 Å². The number of hydrogen-bond donors (Lipinski definition) is 0. The standard InChI is InChI=1S/C17H21NO4/c1-2-16(21)22-9-15(20)18-14(19)8-17(18)7-10-6-13(17)12-5-3-4-11(10)12/h2,10-13H,1,3-9H2. The van der Waals surface area contributed by atoms with Crippen LogP contribution in [0, 0.1) is 23.7 Å². The van der Waals surface area contributed by atoms with Gasteiger partial charge < -0.3 is 4.74 Å². The fourth-order valence-electron chi connectivity index (χ4n) is 5.92. The highest BCUT2D eigenvalue weighted by Gasteiger charge is 2.69. The Hall–Kier alpha value is -1.65. The van der Waals surface area contributed by atoms with Crippen LogP contribution in [0.5, 0.6) is 0 Å². The molecule has 5 nitrogen and oxygen atoms in total. The maximum absolute atomic E-state index is 12.4. The zero-order chi connectivity index (χ0) is 15.5. The van der Waals surface area contributed by atoms with Crippen LogP contribution in [0.2, 0.25) is 0 Å². The summed E-state index contributed by atoms with van der Waals surface area (Å²) in [6.07, 6.45) is 7.51. The summed E-state index contributed by atoms with van der Waals surface area (Å²) in [5, 5.41) is 0. The van der Waals surface area contributed by atoms with Gasteiger partial charge in [-0.3, -0.25) is 14.5 Å². The van der Waals surface area contributed by atoms with E-state index < -0.39 is 5.97 Å². The highest BCUT2D eigenvalue weighted by molar-refractivity contribution is 6.03. The number of fused-ring (bicyclic) bond motifs is 6. The molecule has 0 aromatic rings. The molecule has 1 spiro atoms. The number of likely N-dealkylation sites (tertiary alicyclic amines) is 1. The molecule has 4 fully saturated rings. The van der Waals surface area contributed by atoms with Gasteiger partial charge in [0.15, 0.2) is 6.61 Å². The van der Waals surface area contributed by atoms with Crippen LogP contribution in [0.1, 0.15) is 38.5 Å². The lowest BCUT2D eigenvalue weighted by molar-refractivity contribution is -0.179. The van der Waals surface area contributed by atoms with Crippen molar-refractivity contribution >= 4 is 17.8 Å². The van der Waals surface area contributed by atoms with Gasteiger partial charge in [0.05, 0.1) is 12.0 Å². The molecule has 0 radical (unpaired) electrons. The molecule has 2 amide bonds. The van der Waals surface area contributed by atoms with E-state index in [0.717, 1.165) is 18.4 Å². The highest BCUT2D eigenvalue weighted by atomic mass is 16.5. The van der Waals surface area contributed by atoms with E-state index in [4.69, 9.17) is 4.74 Å². The monoisotopic (exact) mass is 303 g/mol. The Labute approximate surface area is 129 Å². The number of imide groups is 1. The van der Waals surface area contributed by atoms with E-state index in [1.165, 1.54) is 30.6 Å². The van der Waals surface area contributed by atoms with Crippen molar-refractivity contribution in [2.45, 2.75) is 44.1 Å². The Bertz CT molecular complexity index is 571. The largest absolute Gasteiger partial charge is 0.452 e. The van der Waals surface area contributed by atoms with Crippen LogP contribution in [0.4, 0.5) is 0 Å². The van der Waals surface area contributed by atoms with Gasteiger partial charge in [-0.1, -0.05) is 13.0 Å². The summed E-state index contributed by atoms with van der Waals surface area (Å²) in [7, 11) is 0. The molecule has 5 unspecified atom stereocenters. The van der Waals surface area contributed by atoms with Crippen molar-refractivity contribution < 1.29 is 19.1 Å². The van der Waals surface area contributed by atoms with Crippen molar-refractivity contribution in [1.82, 2.24) is 4.90 Å². The Balaban J connectivity index is 1.51. The van der Waals surface area contributed by atoms with Gasteiger partial charge in [-0.2, -0.15) is 0 Å². The van der Waals surface area contributed by atoms with E-state index in [1.807, 2.05) is 0 Å². The van der Waals surface area contributed by atoms with E-state index in [9.17, 15) is 14.4 Å². The van der Waals surface area contributed by atoms with Crippen LogP contribution in [0.3, 0.4) is 0 Å². The molecule has 0 aromatic carbocycles. The molecule has 1 aliphatic heterocycles.